The first-order chi connectivity index (χ1) is 6.36. The molecule has 0 aliphatic rings. The fourth-order valence-electron chi connectivity index (χ4n) is 0.939. The Bertz CT molecular complexity index is 269. The van der Waals surface area contributed by atoms with E-state index < -0.39 is 0 Å². The van der Waals surface area contributed by atoms with Gasteiger partial charge in [0.25, 0.3) is 0 Å². The summed E-state index contributed by atoms with van der Waals surface area (Å²) in [7, 11) is 1.65. The first kappa shape index (κ1) is 9.81. The Balaban J connectivity index is 2.51. The molecule has 0 spiro atoms. The second kappa shape index (κ2) is 5.38. The van der Waals surface area contributed by atoms with Crippen molar-refractivity contribution in [3.05, 3.63) is 42.5 Å². The van der Waals surface area contributed by atoms with E-state index in [4.69, 9.17) is 9.47 Å². The summed E-state index contributed by atoms with van der Waals surface area (Å²) in [5, 5.41) is 0. The number of rotatable bonds is 5. The smallest absolute Gasteiger partial charge is 0.120 e. The van der Waals surface area contributed by atoms with Crippen molar-refractivity contribution in [3.63, 3.8) is 0 Å². The molecule has 1 aromatic carbocycles. The van der Waals surface area contributed by atoms with Crippen LogP contribution in [0.4, 0.5) is 0 Å². The second-order valence-electron chi connectivity index (χ2n) is 2.55. The molecule has 0 unspecified atom stereocenters. The highest BCUT2D eigenvalue weighted by molar-refractivity contribution is 5.31. The van der Waals surface area contributed by atoms with Crippen LogP contribution in [0.3, 0.4) is 0 Å². The molecule has 0 saturated carbocycles. The van der Waals surface area contributed by atoms with Crippen LogP contribution in [-0.2, 0) is 4.74 Å². The van der Waals surface area contributed by atoms with E-state index in [-0.39, 0.29) is 0 Å². The molecule has 0 aliphatic carbocycles. The van der Waals surface area contributed by atoms with E-state index in [1.807, 2.05) is 24.3 Å². The molecular formula is C11H13O2. The molecule has 2 nitrogen and oxygen atoms in total. The van der Waals surface area contributed by atoms with Gasteiger partial charge in [-0.3, -0.25) is 0 Å². The highest BCUT2D eigenvalue weighted by Crippen LogP contribution is 2.12. The molecule has 13 heavy (non-hydrogen) atoms. The van der Waals surface area contributed by atoms with E-state index in [9.17, 15) is 0 Å². The van der Waals surface area contributed by atoms with Gasteiger partial charge >= 0.3 is 0 Å². The summed E-state index contributed by atoms with van der Waals surface area (Å²) in [6.07, 6.45) is 2.80. The quantitative estimate of drug-likeness (QED) is 0.641. The van der Waals surface area contributed by atoms with Crippen molar-refractivity contribution in [1.82, 2.24) is 0 Å². The van der Waals surface area contributed by atoms with Crippen molar-refractivity contribution in [2.45, 2.75) is 0 Å². The van der Waals surface area contributed by atoms with Crippen molar-refractivity contribution < 1.29 is 9.47 Å². The molecule has 69 valence electrons. The number of benzene rings is 1. The SMILES string of the molecule is C=[C]c1cccc(OCCOC)c1. The van der Waals surface area contributed by atoms with Crippen LogP contribution in [0.25, 0.3) is 0 Å². The van der Waals surface area contributed by atoms with Gasteiger partial charge in [0.2, 0.25) is 0 Å². The summed E-state index contributed by atoms with van der Waals surface area (Å²) < 4.78 is 10.3. The molecule has 1 rings (SSSR count). The van der Waals surface area contributed by atoms with Gasteiger partial charge in [-0.1, -0.05) is 18.7 Å². The van der Waals surface area contributed by atoms with Crippen LogP contribution in [0.5, 0.6) is 5.75 Å². The largest absolute Gasteiger partial charge is 0.491 e. The average Bonchev–Trinajstić information content (AvgIpc) is 2.19. The lowest BCUT2D eigenvalue weighted by Gasteiger charge is -2.05. The van der Waals surface area contributed by atoms with Crippen LogP contribution < -0.4 is 4.74 Å². The molecule has 0 atom stereocenters. The highest BCUT2D eigenvalue weighted by atomic mass is 16.5. The minimum absolute atomic E-state index is 0.567. The van der Waals surface area contributed by atoms with Gasteiger partial charge in [-0.25, -0.2) is 0 Å². The predicted octanol–water partition coefficient (Wildman–Crippen LogP) is 2.05. The second-order valence-corrected chi connectivity index (χ2v) is 2.55. The molecule has 1 aromatic rings. The predicted molar refractivity (Wildman–Crippen MR) is 51.8 cm³/mol. The third-order valence-electron chi connectivity index (χ3n) is 1.59. The molecule has 0 heterocycles. The zero-order valence-electron chi connectivity index (χ0n) is 7.75. The number of hydrogen-bond acceptors (Lipinski definition) is 2. The minimum Gasteiger partial charge on any atom is -0.491 e. The summed E-state index contributed by atoms with van der Waals surface area (Å²) in [5.74, 6) is 0.825. The Morgan fingerprint density at radius 1 is 1.38 bits per heavy atom. The monoisotopic (exact) mass is 177 g/mol. The third-order valence-corrected chi connectivity index (χ3v) is 1.59. The zero-order valence-corrected chi connectivity index (χ0v) is 7.75. The molecule has 2 heteroatoms. The molecule has 0 bridgehead atoms. The standard InChI is InChI=1S/C11H13O2/c1-3-10-5-4-6-11(9-10)13-8-7-12-2/h4-6,9H,1,7-8H2,2H3. The number of ether oxygens (including phenoxy) is 2. The first-order valence-electron chi connectivity index (χ1n) is 4.11. The lowest BCUT2D eigenvalue weighted by molar-refractivity contribution is 0.146. The molecule has 0 aliphatic heterocycles. The van der Waals surface area contributed by atoms with Gasteiger partial charge in [-0.15, -0.1) is 0 Å². The molecule has 0 N–H and O–H groups in total. The Kier molecular flexibility index (Phi) is 4.06. The Morgan fingerprint density at radius 2 is 2.23 bits per heavy atom. The Hall–Kier alpha value is -1.28. The number of hydrogen-bond donors (Lipinski definition) is 0. The molecule has 0 fully saturated rings. The minimum atomic E-state index is 0.567. The van der Waals surface area contributed by atoms with Crippen LogP contribution in [0, 0.1) is 6.08 Å². The Morgan fingerprint density at radius 3 is 2.92 bits per heavy atom. The van der Waals surface area contributed by atoms with Gasteiger partial charge in [0.15, 0.2) is 0 Å². The average molecular weight is 177 g/mol. The lowest BCUT2D eigenvalue weighted by atomic mass is 10.2. The zero-order chi connectivity index (χ0) is 9.52. The number of methoxy groups -OCH3 is 1. The van der Waals surface area contributed by atoms with Crippen molar-refractivity contribution >= 4 is 0 Å². The van der Waals surface area contributed by atoms with E-state index in [0.717, 1.165) is 11.3 Å². The highest BCUT2D eigenvalue weighted by Gasteiger charge is 1.93. The van der Waals surface area contributed by atoms with E-state index >= 15 is 0 Å². The van der Waals surface area contributed by atoms with Crippen LogP contribution in [0.15, 0.2) is 30.8 Å². The maximum atomic E-state index is 5.40. The molecule has 0 aromatic heterocycles. The van der Waals surface area contributed by atoms with Crippen LogP contribution in [-0.4, -0.2) is 20.3 Å². The van der Waals surface area contributed by atoms with Crippen LogP contribution in [0.2, 0.25) is 0 Å². The van der Waals surface area contributed by atoms with Crippen molar-refractivity contribution in [2.75, 3.05) is 20.3 Å². The van der Waals surface area contributed by atoms with Gasteiger partial charge < -0.3 is 9.47 Å². The Labute approximate surface area is 78.8 Å². The lowest BCUT2D eigenvalue weighted by Crippen LogP contribution is -2.04. The summed E-state index contributed by atoms with van der Waals surface area (Å²) >= 11 is 0. The summed E-state index contributed by atoms with van der Waals surface area (Å²) in [4.78, 5) is 0. The first-order valence-corrected chi connectivity index (χ1v) is 4.11. The third kappa shape index (κ3) is 3.30. The van der Waals surface area contributed by atoms with E-state index in [1.54, 1.807) is 7.11 Å². The van der Waals surface area contributed by atoms with Crippen molar-refractivity contribution in [3.8, 4) is 5.75 Å². The summed E-state index contributed by atoms with van der Waals surface area (Å²) in [6, 6.07) is 7.63. The summed E-state index contributed by atoms with van der Waals surface area (Å²) in [6.45, 7) is 4.73. The van der Waals surface area contributed by atoms with Gasteiger partial charge in [0.05, 0.1) is 6.61 Å². The molecule has 0 amide bonds. The van der Waals surface area contributed by atoms with Gasteiger partial charge in [-0.05, 0) is 23.8 Å². The maximum Gasteiger partial charge on any atom is 0.120 e. The normalized spacial score (nSPS) is 9.62. The fourth-order valence-corrected chi connectivity index (χ4v) is 0.939. The molecular weight excluding hydrogens is 164 g/mol. The van der Waals surface area contributed by atoms with Crippen molar-refractivity contribution in [1.29, 1.82) is 0 Å². The summed E-state index contributed by atoms with van der Waals surface area (Å²) in [5.41, 5.74) is 0.940. The van der Waals surface area contributed by atoms with Crippen LogP contribution in [0.1, 0.15) is 5.56 Å². The topological polar surface area (TPSA) is 18.5 Å². The van der Waals surface area contributed by atoms with E-state index in [1.165, 1.54) is 0 Å². The maximum absolute atomic E-state index is 5.40. The van der Waals surface area contributed by atoms with E-state index in [0.29, 0.717) is 13.2 Å². The fraction of sp³-hybridized carbons (Fsp3) is 0.273. The van der Waals surface area contributed by atoms with Crippen molar-refractivity contribution in [2.24, 2.45) is 0 Å². The molecule has 1 radical (unpaired) electrons. The van der Waals surface area contributed by atoms with E-state index in [2.05, 4.69) is 12.7 Å². The van der Waals surface area contributed by atoms with Gasteiger partial charge in [-0.2, -0.15) is 0 Å². The van der Waals surface area contributed by atoms with Gasteiger partial charge in [0, 0.05) is 7.11 Å². The van der Waals surface area contributed by atoms with Crippen LogP contribution >= 0.6 is 0 Å². The molecule has 0 saturated heterocycles. The van der Waals surface area contributed by atoms with Gasteiger partial charge in [0.1, 0.15) is 12.4 Å².